The Balaban J connectivity index is 1.98. The van der Waals surface area contributed by atoms with Gasteiger partial charge in [0.2, 0.25) is 5.91 Å². The van der Waals surface area contributed by atoms with Crippen molar-refractivity contribution in [2.45, 2.75) is 49.7 Å². The zero-order chi connectivity index (χ0) is 16.1. The topological polar surface area (TPSA) is 38.3 Å². The second-order valence-corrected chi connectivity index (χ2v) is 8.77. The highest BCUT2D eigenvalue weighted by molar-refractivity contribution is 8.00. The molecular formula is C18H27NO2S. The lowest BCUT2D eigenvalue weighted by Gasteiger charge is -2.37. The number of thioether (sulfide) groups is 1. The van der Waals surface area contributed by atoms with Crippen LogP contribution in [0.4, 0.5) is 0 Å². The third-order valence-electron chi connectivity index (χ3n) is 3.78. The van der Waals surface area contributed by atoms with Gasteiger partial charge in [-0.15, -0.1) is 11.8 Å². The molecule has 0 radical (unpaired) electrons. The van der Waals surface area contributed by atoms with Crippen molar-refractivity contribution in [1.82, 2.24) is 5.32 Å². The molecule has 1 aliphatic rings. The van der Waals surface area contributed by atoms with Crippen LogP contribution in [-0.4, -0.2) is 30.4 Å². The number of ether oxygens (including phenoxy) is 1. The molecule has 0 unspecified atom stereocenters. The molecule has 0 spiro atoms. The van der Waals surface area contributed by atoms with E-state index in [9.17, 15) is 4.79 Å². The summed E-state index contributed by atoms with van der Waals surface area (Å²) in [7, 11) is 0. The van der Waals surface area contributed by atoms with Gasteiger partial charge in [0, 0.05) is 35.8 Å². The Morgan fingerprint density at radius 3 is 2.45 bits per heavy atom. The molecule has 1 fully saturated rings. The van der Waals surface area contributed by atoms with Crippen molar-refractivity contribution < 1.29 is 9.53 Å². The van der Waals surface area contributed by atoms with Crippen molar-refractivity contribution in [1.29, 1.82) is 0 Å². The first-order valence-electron chi connectivity index (χ1n) is 7.97. The summed E-state index contributed by atoms with van der Waals surface area (Å²) in [4.78, 5) is 13.4. The maximum atomic E-state index is 12.1. The van der Waals surface area contributed by atoms with E-state index in [4.69, 9.17) is 4.74 Å². The highest BCUT2D eigenvalue weighted by Crippen LogP contribution is 2.40. The minimum absolute atomic E-state index is 0.0273. The van der Waals surface area contributed by atoms with Crippen molar-refractivity contribution >= 4 is 17.7 Å². The van der Waals surface area contributed by atoms with Crippen LogP contribution in [-0.2, 0) is 9.53 Å². The molecule has 1 amide bonds. The summed E-state index contributed by atoms with van der Waals surface area (Å²) in [5, 5.41) is 3.15. The van der Waals surface area contributed by atoms with Crippen LogP contribution in [0, 0.1) is 5.41 Å². The van der Waals surface area contributed by atoms with E-state index in [0.717, 1.165) is 26.1 Å². The zero-order valence-corrected chi connectivity index (χ0v) is 14.7. The minimum Gasteiger partial charge on any atom is -0.381 e. The number of hydrogen-bond donors (Lipinski definition) is 1. The SMILES string of the molecule is CC(C)(C)CC(=O)NCC1(Sc2ccccc2)CCOCC1. The van der Waals surface area contributed by atoms with Gasteiger partial charge in [-0.2, -0.15) is 0 Å². The fourth-order valence-electron chi connectivity index (χ4n) is 2.60. The van der Waals surface area contributed by atoms with Crippen LogP contribution in [0.25, 0.3) is 0 Å². The van der Waals surface area contributed by atoms with E-state index in [1.165, 1.54) is 4.90 Å². The molecule has 4 heteroatoms. The van der Waals surface area contributed by atoms with E-state index in [-0.39, 0.29) is 16.1 Å². The van der Waals surface area contributed by atoms with Crippen molar-refractivity contribution in [3.8, 4) is 0 Å². The largest absolute Gasteiger partial charge is 0.381 e. The Morgan fingerprint density at radius 2 is 1.86 bits per heavy atom. The molecule has 0 aromatic heterocycles. The van der Waals surface area contributed by atoms with E-state index in [1.54, 1.807) is 0 Å². The van der Waals surface area contributed by atoms with Gasteiger partial charge >= 0.3 is 0 Å². The molecule has 2 rings (SSSR count). The Morgan fingerprint density at radius 1 is 1.23 bits per heavy atom. The normalized spacial score (nSPS) is 18.0. The molecule has 1 aromatic carbocycles. The van der Waals surface area contributed by atoms with Gasteiger partial charge in [0.25, 0.3) is 0 Å². The lowest BCUT2D eigenvalue weighted by molar-refractivity contribution is -0.123. The van der Waals surface area contributed by atoms with E-state index in [1.807, 2.05) is 17.8 Å². The average molecular weight is 321 g/mol. The molecule has 1 aliphatic heterocycles. The lowest BCUT2D eigenvalue weighted by atomic mass is 9.91. The maximum Gasteiger partial charge on any atom is 0.220 e. The maximum absolute atomic E-state index is 12.1. The Bertz CT molecular complexity index is 476. The molecule has 0 aliphatic carbocycles. The molecule has 0 atom stereocenters. The molecule has 1 aromatic rings. The average Bonchev–Trinajstić information content (AvgIpc) is 2.46. The number of benzene rings is 1. The van der Waals surface area contributed by atoms with E-state index in [0.29, 0.717) is 13.0 Å². The van der Waals surface area contributed by atoms with Crippen LogP contribution in [0.1, 0.15) is 40.0 Å². The van der Waals surface area contributed by atoms with Crippen LogP contribution in [0.15, 0.2) is 35.2 Å². The van der Waals surface area contributed by atoms with E-state index in [2.05, 4.69) is 50.4 Å². The van der Waals surface area contributed by atoms with E-state index < -0.39 is 0 Å². The number of carbonyl (C=O) groups is 1. The van der Waals surface area contributed by atoms with Crippen LogP contribution in [0.3, 0.4) is 0 Å². The fourth-order valence-corrected chi connectivity index (χ4v) is 3.91. The van der Waals surface area contributed by atoms with Gasteiger partial charge in [0.05, 0.1) is 0 Å². The summed E-state index contributed by atoms with van der Waals surface area (Å²) in [5.41, 5.74) is 0.0273. The summed E-state index contributed by atoms with van der Waals surface area (Å²) in [6.07, 6.45) is 2.51. The first kappa shape index (κ1) is 17.4. The lowest BCUT2D eigenvalue weighted by Crippen LogP contribution is -2.44. The summed E-state index contributed by atoms with van der Waals surface area (Å²) in [6, 6.07) is 10.4. The van der Waals surface area contributed by atoms with Gasteiger partial charge in [-0.05, 0) is 30.4 Å². The van der Waals surface area contributed by atoms with Gasteiger partial charge in [-0.25, -0.2) is 0 Å². The summed E-state index contributed by atoms with van der Waals surface area (Å²) in [5.74, 6) is 0.145. The standard InChI is InChI=1S/C18H27NO2S/c1-17(2,3)13-16(20)19-14-18(9-11-21-12-10-18)22-15-7-5-4-6-8-15/h4-8H,9-14H2,1-3H3,(H,19,20). The molecule has 1 heterocycles. The number of hydrogen-bond acceptors (Lipinski definition) is 3. The number of rotatable bonds is 5. The molecular weight excluding hydrogens is 294 g/mol. The Kier molecular flexibility index (Phi) is 5.93. The molecule has 122 valence electrons. The molecule has 22 heavy (non-hydrogen) atoms. The second-order valence-electron chi connectivity index (χ2n) is 7.22. The third-order valence-corrected chi connectivity index (χ3v) is 5.27. The van der Waals surface area contributed by atoms with Crippen LogP contribution in [0.5, 0.6) is 0 Å². The fraction of sp³-hybridized carbons (Fsp3) is 0.611. The highest BCUT2D eigenvalue weighted by atomic mass is 32.2. The van der Waals surface area contributed by atoms with E-state index >= 15 is 0 Å². The predicted octanol–water partition coefficient (Wildman–Crippen LogP) is 3.88. The highest BCUT2D eigenvalue weighted by Gasteiger charge is 2.34. The first-order valence-corrected chi connectivity index (χ1v) is 8.79. The number of nitrogens with one attached hydrogen (secondary N) is 1. The zero-order valence-electron chi connectivity index (χ0n) is 13.9. The van der Waals surface area contributed by atoms with Gasteiger partial charge in [0.15, 0.2) is 0 Å². The van der Waals surface area contributed by atoms with Crippen LogP contribution in [0.2, 0.25) is 0 Å². The summed E-state index contributed by atoms with van der Waals surface area (Å²) < 4.78 is 5.57. The molecule has 1 saturated heterocycles. The second kappa shape index (κ2) is 7.51. The van der Waals surface area contributed by atoms with Crippen LogP contribution >= 0.6 is 11.8 Å². The molecule has 1 N–H and O–H groups in total. The Hall–Kier alpha value is -1.00. The predicted molar refractivity (Wildman–Crippen MR) is 92.2 cm³/mol. The first-order chi connectivity index (χ1) is 10.4. The summed E-state index contributed by atoms with van der Waals surface area (Å²) in [6.45, 7) is 8.54. The molecule has 0 bridgehead atoms. The van der Waals surface area contributed by atoms with Gasteiger partial charge in [-0.3, -0.25) is 4.79 Å². The van der Waals surface area contributed by atoms with Gasteiger partial charge < -0.3 is 10.1 Å². The summed E-state index contributed by atoms with van der Waals surface area (Å²) >= 11 is 1.88. The van der Waals surface area contributed by atoms with Gasteiger partial charge in [-0.1, -0.05) is 39.0 Å². The van der Waals surface area contributed by atoms with Crippen molar-refractivity contribution in [2.24, 2.45) is 5.41 Å². The minimum atomic E-state index is 0.0273. The number of amides is 1. The van der Waals surface area contributed by atoms with Gasteiger partial charge in [0.1, 0.15) is 0 Å². The van der Waals surface area contributed by atoms with Crippen LogP contribution < -0.4 is 5.32 Å². The Labute approximate surface area is 138 Å². The third kappa shape index (κ3) is 5.65. The van der Waals surface area contributed by atoms with Crippen molar-refractivity contribution in [3.05, 3.63) is 30.3 Å². The van der Waals surface area contributed by atoms with Crippen molar-refractivity contribution in [3.63, 3.8) is 0 Å². The molecule has 0 saturated carbocycles. The number of carbonyl (C=O) groups excluding carboxylic acids is 1. The monoisotopic (exact) mass is 321 g/mol. The smallest absolute Gasteiger partial charge is 0.220 e. The molecule has 3 nitrogen and oxygen atoms in total. The van der Waals surface area contributed by atoms with Crippen molar-refractivity contribution in [2.75, 3.05) is 19.8 Å². The quantitative estimate of drug-likeness (QED) is 0.894.